The molecular weight excluding hydrogens is 450 g/mol. The van der Waals surface area contributed by atoms with Crippen LogP contribution in [0.15, 0.2) is 91.0 Å². The summed E-state index contributed by atoms with van der Waals surface area (Å²) in [4.78, 5) is 26.3. The monoisotopic (exact) mass is 476 g/mol. The number of carbonyl (C=O) groups excluding carboxylic acids is 2. The Morgan fingerprint density at radius 2 is 1.25 bits per heavy atom. The van der Waals surface area contributed by atoms with E-state index in [0.29, 0.717) is 28.0 Å². The van der Waals surface area contributed by atoms with Crippen LogP contribution in [-0.4, -0.2) is 11.9 Å². The maximum atomic E-state index is 13.6. The first-order valence-electron chi connectivity index (χ1n) is 11.8. The number of para-hydroxylation sites is 2. The number of carbonyl (C=O) groups is 2. The molecule has 0 radical (unpaired) electrons. The fourth-order valence-electron chi connectivity index (χ4n) is 4.63. The summed E-state index contributed by atoms with van der Waals surface area (Å²) < 4.78 is 13.5. The normalized spacial score (nSPS) is 11.0. The number of ether oxygens (including phenoxy) is 2. The molecule has 0 aliphatic carbocycles. The van der Waals surface area contributed by atoms with Gasteiger partial charge in [0.1, 0.15) is 19.4 Å². The maximum absolute atomic E-state index is 13.6. The smallest absolute Gasteiger partial charge is 0.345 e. The fourth-order valence-corrected chi connectivity index (χ4v) is 4.63. The van der Waals surface area contributed by atoms with Gasteiger partial charge in [-0.2, -0.15) is 4.57 Å². The highest BCUT2D eigenvalue weighted by Crippen LogP contribution is 2.30. The molecule has 0 saturated heterocycles. The molecule has 0 atom stereocenters. The third kappa shape index (κ3) is 4.31. The Balaban J connectivity index is 1.46. The van der Waals surface area contributed by atoms with Crippen molar-refractivity contribution in [3.63, 3.8) is 0 Å². The summed E-state index contributed by atoms with van der Waals surface area (Å²) in [6.45, 7) is 3.84. The molecule has 5 aromatic rings. The second-order valence-electron chi connectivity index (χ2n) is 8.86. The van der Waals surface area contributed by atoms with E-state index in [1.807, 2.05) is 99.8 Å². The van der Waals surface area contributed by atoms with Crippen LogP contribution in [0.25, 0.3) is 21.8 Å². The van der Waals surface area contributed by atoms with Gasteiger partial charge in [0.2, 0.25) is 11.0 Å². The molecule has 0 spiro atoms. The first-order valence-corrected chi connectivity index (χ1v) is 11.8. The van der Waals surface area contributed by atoms with Crippen LogP contribution in [-0.2, 0) is 18.4 Å². The maximum Gasteiger partial charge on any atom is 0.345 e. The Hall–Kier alpha value is -4.51. The molecule has 36 heavy (non-hydrogen) atoms. The first-order chi connectivity index (χ1) is 17.4. The van der Waals surface area contributed by atoms with Gasteiger partial charge in [-0.1, -0.05) is 54.6 Å². The molecule has 0 aliphatic rings. The minimum Gasteiger partial charge on any atom is -0.457 e. The average Bonchev–Trinajstić information content (AvgIpc) is 2.90. The summed E-state index contributed by atoms with van der Waals surface area (Å²) in [5, 5.41) is 1.64. The minimum absolute atomic E-state index is 0.195. The van der Waals surface area contributed by atoms with E-state index in [4.69, 9.17) is 9.47 Å². The number of hydrogen-bond donors (Lipinski definition) is 0. The molecule has 1 heterocycles. The molecule has 5 rings (SSSR count). The number of rotatable bonds is 5. The van der Waals surface area contributed by atoms with E-state index in [2.05, 4.69) is 4.57 Å². The van der Waals surface area contributed by atoms with Gasteiger partial charge in [-0.3, -0.25) is 0 Å². The van der Waals surface area contributed by atoms with Crippen molar-refractivity contribution in [1.29, 1.82) is 0 Å². The van der Waals surface area contributed by atoms with E-state index in [-0.39, 0.29) is 6.61 Å². The molecule has 0 amide bonds. The molecule has 1 aromatic heterocycles. The van der Waals surface area contributed by atoms with E-state index in [0.717, 1.165) is 27.4 Å². The quantitative estimate of drug-likeness (QED) is 0.135. The van der Waals surface area contributed by atoms with Crippen LogP contribution < -0.4 is 9.30 Å². The first kappa shape index (κ1) is 23.2. The van der Waals surface area contributed by atoms with E-state index >= 15 is 0 Å². The van der Waals surface area contributed by atoms with Crippen LogP contribution in [0.1, 0.15) is 37.4 Å². The van der Waals surface area contributed by atoms with E-state index in [9.17, 15) is 9.59 Å². The Morgan fingerprint density at radius 3 is 1.83 bits per heavy atom. The van der Waals surface area contributed by atoms with Gasteiger partial charge in [-0.25, -0.2) is 9.59 Å². The number of pyridine rings is 1. The van der Waals surface area contributed by atoms with Gasteiger partial charge in [0.25, 0.3) is 0 Å². The van der Waals surface area contributed by atoms with Crippen LogP contribution >= 0.6 is 0 Å². The molecule has 0 N–H and O–H groups in total. The zero-order chi connectivity index (χ0) is 25.2. The predicted molar refractivity (Wildman–Crippen MR) is 139 cm³/mol. The van der Waals surface area contributed by atoms with Gasteiger partial charge in [0.15, 0.2) is 0 Å². The second kappa shape index (κ2) is 9.62. The zero-order valence-corrected chi connectivity index (χ0v) is 20.4. The standard InChI is InChI=1S/C31H26NO4/c1-20-17-23(30(33)35-19-22-11-5-4-6-12-22)18-21(2)29(20)36-31(34)28-24-13-7-9-15-26(24)32(3)27-16-10-8-14-25(27)28/h4-18H,19H2,1-3H3/q+1. The van der Waals surface area contributed by atoms with Gasteiger partial charge in [0.05, 0.1) is 21.9 Å². The highest BCUT2D eigenvalue weighted by Gasteiger charge is 2.25. The van der Waals surface area contributed by atoms with Crippen molar-refractivity contribution in [2.75, 3.05) is 0 Å². The Bertz CT molecular complexity index is 1540. The summed E-state index contributed by atoms with van der Waals surface area (Å²) >= 11 is 0. The van der Waals surface area contributed by atoms with Crippen molar-refractivity contribution in [3.05, 3.63) is 119 Å². The topological polar surface area (TPSA) is 56.5 Å². The number of aryl methyl sites for hydroxylation is 3. The molecule has 4 aromatic carbocycles. The number of hydrogen-bond acceptors (Lipinski definition) is 4. The average molecular weight is 477 g/mol. The highest BCUT2D eigenvalue weighted by molar-refractivity contribution is 6.13. The van der Waals surface area contributed by atoms with Crippen molar-refractivity contribution in [1.82, 2.24) is 0 Å². The van der Waals surface area contributed by atoms with Crippen molar-refractivity contribution in [2.45, 2.75) is 20.5 Å². The molecule has 0 unspecified atom stereocenters. The number of nitrogens with zero attached hydrogens (tertiary/aromatic N) is 1. The van der Waals surface area contributed by atoms with Crippen LogP contribution in [0.4, 0.5) is 0 Å². The van der Waals surface area contributed by atoms with E-state index in [1.165, 1.54) is 0 Å². The summed E-state index contributed by atoms with van der Waals surface area (Å²) in [6.07, 6.45) is 0. The number of esters is 2. The lowest BCUT2D eigenvalue weighted by Crippen LogP contribution is -2.31. The summed E-state index contributed by atoms with van der Waals surface area (Å²) in [7, 11) is 1.99. The van der Waals surface area contributed by atoms with E-state index < -0.39 is 11.9 Å². The van der Waals surface area contributed by atoms with E-state index in [1.54, 1.807) is 12.1 Å². The van der Waals surface area contributed by atoms with Crippen LogP contribution in [0, 0.1) is 13.8 Å². The lowest BCUT2D eigenvalue weighted by Gasteiger charge is -2.14. The van der Waals surface area contributed by atoms with Gasteiger partial charge < -0.3 is 9.47 Å². The van der Waals surface area contributed by atoms with Crippen molar-refractivity contribution in [3.8, 4) is 5.75 Å². The number of aromatic nitrogens is 1. The van der Waals surface area contributed by atoms with Gasteiger partial charge >= 0.3 is 11.9 Å². The largest absolute Gasteiger partial charge is 0.457 e. The minimum atomic E-state index is -0.436. The third-order valence-corrected chi connectivity index (χ3v) is 6.38. The van der Waals surface area contributed by atoms with Gasteiger partial charge in [0, 0.05) is 12.1 Å². The Kier molecular flexibility index (Phi) is 6.21. The lowest BCUT2D eigenvalue weighted by atomic mass is 10.0. The van der Waals surface area contributed by atoms with Crippen molar-refractivity contribution in [2.24, 2.45) is 7.05 Å². The van der Waals surface area contributed by atoms with Gasteiger partial charge in [-0.05, 0) is 54.8 Å². The molecule has 5 heteroatoms. The van der Waals surface area contributed by atoms with Crippen molar-refractivity contribution < 1.29 is 23.6 Å². The third-order valence-electron chi connectivity index (χ3n) is 6.38. The zero-order valence-electron chi connectivity index (χ0n) is 20.4. The second-order valence-corrected chi connectivity index (χ2v) is 8.86. The predicted octanol–water partition coefficient (Wildman–Crippen LogP) is 6.01. The number of fused-ring (bicyclic) bond motifs is 2. The Labute approximate surface area is 209 Å². The molecule has 5 nitrogen and oxygen atoms in total. The van der Waals surface area contributed by atoms with Crippen LogP contribution in [0.3, 0.4) is 0 Å². The summed E-state index contributed by atoms with van der Waals surface area (Å²) in [5.41, 5.74) is 5.10. The van der Waals surface area contributed by atoms with Crippen LogP contribution in [0.5, 0.6) is 5.75 Å². The molecule has 0 aliphatic heterocycles. The summed E-state index contributed by atoms with van der Waals surface area (Å²) in [6, 6.07) is 28.5. The molecular formula is C31H26NO4+. The Morgan fingerprint density at radius 1 is 0.722 bits per heavy atom. The lowest BCUT2D eigenvalue weighted by molar-refractivity contribution is -0.617. The number of benzene rings is 4. The van der Waals surface area contributed by atoms with Crippen LogP contribution in [0.2, 0.25) is 0 Å². The summed E-state index contributed by atoms with van der Waals surface area (Å²) in [5.74, 6) is -0.412. The highest BCUT2D eigenvalue weighted by atomic mass is 16.5. The fraction of sp³-hybridized carbons (Fsp3) is 0.129. The van der Waals surface area contributed by atoms with Gasteiger partial charge in [-0.15, -0.1) is 0 Å². The molecule has 0 fully saturated rings. The van der Waals surface area contributed by atoms with Crippen molar-refractivity contribution >= 4 is 33.7 Å². The SMILES string of the molecule is Cc1cc(C(=O)OCc2ccccc2)cc(C)c1OC(=O)c1c2ccccc2[n+](C)c2ccccc12. The molecule has 178 valence electrons. The molecule has 0 bridgehead atoms. The molecule has 0 saturated carbocycles.